The molecule has 0 saturated heterocycles. The van der Waals surface area contributed by atoms with Crippen molar-refractivity contribution in [2.24, 2.45) is 7.05 Å². The van der Waals surface area contributed by atoms with Gasteiger partial charge in [0.25, 0.3) is 0 Å². The largest absolute Gasteiger partial charge is 0.481 e. The molecule has 0 fully saturated rings. The number of imidazole rings is 1. The molecule has 1 heterocycles. The first-order valence-electron chi connectivity index (χ1n) is 6.03. The van der Waals surface area contributed by atoms with E-state index in [4.69, 9.17) is 0 Å². The quantitative estimate of drug-likeness (QED) is 0.657. The lowest BCUT2D eigenvalue weighted by molar-refractivity contribution is -0.390. The Morgan fingerprint density at radius 1 is 1.52 bits per heavy atom. The molecule has 0 amide bonds. The summed E-state index contributed by atoms with van der Waals surface area (Å²) in [5, 5.41) is 20.5. The maximum absolute atomic E-state index is 11.6. The smallest absolute Gasteiger partial charge is 0.385 e. The highest BCUT2D eigenvalue weighted by molar-refractivity contribution is 9.10. The van der Waals surface area contributed by atoms with E-state index < -0.39 is 22.6 Å². The molecule has 2 aromatic rings. The number of aromatic nitrogens is 2. The third-order valence-corrected chi connectivity index (χ3v) is 3.92. The van der Waals surface area contributed by atoms with E-state index in [0.717, 1.165) is 10.0 Å². The molecule has 1 N–H and O–H groups in total. The zero-order valence-corrected chi connectivity index (χ0v) is 12.6. The Morgan fingerprint density at radius 2 is 2.19 bits per heavy atom. The van der Waals surface area contributed by atoms with Crippen LogP contribution in [0.5, 0.6) is 0 Å². The van der Waals surface area contributed by atoms with E-state index >= 15 is 0 Å². The molecule has 8 heteroatoms. The first-order valence-corrected chi connectivity index (χ1v) is 6.83. The van der Waals surface area contributed by atoms with Crippen LogP contribution in [0.1, 0.15) is 17.2 Å². The van der Waals surface area contributed by atoms with Gasteiger partial charge >= 0.3 is 11.8 Å². The molecule has 1 unspecified atom stereocenters. The lowest BCUT2D eigenvalue weighted by Crippen LogP contribution is -2.19. The summed E-state index contributed by atoms with van der Waals surface area (Å²) >= 11 is 3.35. The Morgan fingerprint density at radius 3 is 2.76 bits per heavy atom. The Kier molecular flexibility index (Phi) is 4.37. The standard InChI is InChI=1S/C13H12BrN3O4/c1-16-7-15-12(17(20)21)11(16)9(13(18)19)6-8-4-2-3-5-10(8)14/h2-5,7,9H,6H2,1H3,(H,18,19). The summed E-state index contributed by atoms with van der Waals surface area (Å²) in [6, 6.07) is 7.18. The molecule has 0 bridgehead atoms. The van der Waals surface area contributed by atoms with Crippen LogP contribution in [0.2, 0.25) is 0 Å². The number of carboxylic acids is 1. The van der Waals surface area contributed by atoms with Crippen molar-refractivity contribution >= 4 is 27.7 Å². The fourth-order valence-electron chi connectivity index (χ4n) is 2.15. The molecular formula is C13H12BrN3O4. The van der Waals surface area contributed by atoms with Gasteiger partial charge in [0, 0.05) is 11.5 Å². The molecule has 110 valence electrons. The van der Waals surface area contributed by atoms with Crippen molar-refractivity contribution in [3.63, 3.8) is 0 Å². The number of hydrogen-bond donors (Lipinski definition) is 1. The van der Waals surface area contributed by atoms with Gasteiger partial charge in [0.1, 0.15) is 11.6 Å². The van der Waals surface area contributed by atoms with Crippen molar-refractivity contribution in [3.8, 4) is 0 Å². The van der Waals surface area contributed by atoms with Gasteiger partial charge in [0.2, 0.25) is 6.33 Å². The second-order valence-electron chi connectivity index (χ2n) is 4.51. The monoisotopic (exact) mass is 353 g/mol. The molecule has 0 radical (unpaired) electrons. The van der Waals surface area contributed by atoms with Gasteiger partial charge in [-0.25, -0.2) is 0 Å². The van der Waals surface area contributed by atoms with Crippen molar-refractivity contribution < 1.29 is 14.8 Å². The number of aryl methyl sites for hydroxylation is 1. The average molecular weight is 354 g/mol. The van der Waals surface area contributed by atoms with Crippen LogP contribution < -0.4 is 0 Å². The van der Waals surface area contributed by atoms with Crippen molar-refractivity contribution in [2.45, 2.75) is 12.3 Å². The Balaban J connectivity index is 2.46. The van der Waals surface area contributed by atoms with Crippen molar-refractivity contribution in [1.82, 2.24) is 9.55 Å². The van der Waals surface area contributed by atoms with E-state index in [-0.39, 0.29) is 12.1 Å². The van der Waals surface area contributed by atoms with E-state index in [2.05, 4.69) is 20.9 Å². The zero-order chi connectivity index (χ0) is 15.6. The van der Waals surface area contributed by atoms with Gasteiger partial charge in [-0.05, 0) is 28.0 Å². The predicted octanol–water partition coefficient (Wildman–Crippen LogP) is 2.50. The molecule has 1 aromatic carbocycles. The summed E-state index contributed by atoms with van der Waals surface area (Å²) in [5.41, 5.74) is 0.851. The van der Waals surface area contributed by atoms with Gasteiger partial charge in [0.05, 0.1) is 0 Å². The third-order valence-electron chi connectivity index (χ3n) is 3.15. The van der Waals surface area contributed by atoms with Gasteiger partial charge in [-0.3, -0.25) is 4.79 Å². The summed E-state index contributed by atoms with van der Waals surface area (Å²) in [6.45, 7) is 0. The number of nitrogens with zero attached hydrogens (tertiary/aromatic N) is 3. The summed E-state index contributed by atoms with van der Waals surface area (Å²) in [5.74, 6) is -2.59. The molecule has 7 nitrogen and oxygen atoms in total. The van der Waals surface area contributed by atoms with Crippen molar-refractivity contribution in [3.05, 3.63) is 56.4 Å². The molecule has 2 rings (SSSR count). The SMILES string of the molecule is Cn1cnc([N+](=O)[O-])c1C(Cc1ccccc1Br)C(=O)O. The molecule has 0 aliphatic heterocycles. The summed E-state index contributed by atoms with van der Waals surface area (Å²) in [7, 11) is 1.55. The second kappa shape index (κ2) is 6.04. The number of rotatable bonds is 5. The van der Waals surface area contributed by atoms with Gasteiger partial charge in [-0.15, -0.1) is 0 Å². The highest BCUT2D eigenvalue weighted by atomic mass is 79.9. The summed E-state index contributed by atoms with van der Waals surface area (Å²) in [4.78, 5) is 25.6. The molecule has 1 atom stereocenters. The average Bonchev–Trinajstić information content (AvgIpc) is 2.79. The topological polar surface area (TPSA) is 98.3 Å². The van der Waals surface area contributed by atoms with Crippen LogP contribution in [0, 0.1) is 10.1 Å². The number of benzene rings is 1. The lowest BCUT2D eigenvalue weighted by atomic mass is 9.96. The Bertz CT molecular complexity index is 698. The van der Waals surface area contributed by atoms with Crippen molar-refractivity contribution in [1.29, 1.82) is 0 Å². The van der Waals surface area contributed by atoms with Crippen LogP contribution >= 0.6 is 15.9 Å². The number of halogens is 1. The molecule has 0 aliphatic carbocycles. The fourth-order valence-corrected chi connectivity index (χ4v) is 2.60. The summed E-state index contributed by atoms with van der Waals surface area (Å²) in [6.07, 6.45) is 1.39. The minimum Gasteiger partial charge on any atom is -0.481 e. The van der Waals surface area contributed by atoms with Crippen molar-refractivity contribution in [2.75, 3.05) is 0 Å². The lowest BCUT2D eigenvalue weighted by Gasteiger charge is -2.13. The van der Waals surface area contributed by atoms with Crippen LogP contribution in [0.3, 0.4) is 0 Å². The molecule has 0 spiro atoms. The highest BCUT2D eigenvalue weighted by Crippen LogP contribution is 2.30. The predicted molar refractivity (Wildman–Crippen MR) is 78.1 cm³/mol. The van der Waals surface area contributed by atoms with Crippen LogP contribution in [-0.4, -0.2) is 25.6 Å². The fraction of sp³-hybridized carbons (Fsp3) is 0.231. The molecule has 1 aromatic heterocycles. The maximum Gasteiger partial charge on any atom is 0.385 e. The van der Waals surface area contributed by atoms with E-state index in [0.29, 0.717) is 0 Å². The van der Waals surface area contributed by atoms with Gasteiger partial charge in [0.15, 0.2) is 0 Å². The van der Waals surface area contributed by atoms with Gasteiger partial charge in [-0.2, -0.15) is 0 Å². The van der Waals surface area contributed by atoms with Crippen LogP contribution in [0.4, 0.5) is 5.82 Å². The first-order chi connectivity index (χ1) is 9.91. The number of nitro groups is 1. The van der Waals surface area contributed by atoms with E-state index in [1.807, 2.05) is 6.07 Å². The number of hydrogen-bond acceptors (Lipinski definition) is 4. The molecular weight excluding hydrogens is 342 g/mol. The minimum atomic E-state index is -1.13. The Hall–Kier alpha value is -2.22. The number of carboxylic acid groups (broad SMARTS) is 1. The number of aliphatic carboxylic acids is 1. The summed E-state index contributed by atoms with van der Waals surface area (Å²) < 4.78 is 2.15. The van der Waals surface area contributed by atoms with E-state index in [1.54, 1.807) is 25.2 Å². The highest BCUT2D eigenvalue weighted by Gasteiger charge is 2.33. The van der Waals surface area contributed by atoms with Gasteiger partial charge < -0.3 is 19.8 Å². The number of carbonyl (C=O) groups is 1. The minimum absolute atomic E-state index is 0.0863. The molecule has 0 saturated carbocycles. The third kappa shape index (κ3) is 3.10. The zero-order valence-electron chi connectivity index (χ0n) is 11.1. The normalized spacial score (nSPS) is 12.1. The maximum atomic E-state index is 11.6. The van der Waals surface area contributed by atoms with Crippen LogP contribution in [0.25, 0.3) is 0 Å². The first kappa shape index (κ1) is 15.2. The van der Waals surface area contributed by atoms with Crippen LogP contribution in [0.15, 0.2) is 35.1 Å². The molecule has 0 aliphatic rings. The van der Waals surface area contributed by atoms with Gasteiger partial charge in [-0.1, -0.05) is 34.1 Å². The molecule has 21 heavy (non-hydrogen) atoms. The van der Waals surface area contributed by atoms with E-state index in [1.165, 1.54) is 10.9 Å². The second-order valence-corrected chi connectivity index (χ2v) is 5.36. The van der Waals surface area contributed by atoms with Crippen LogP contribution in [-0.2, 0) is 18.3 Å². The Labute approximate surface area is 128 Å². The van der Waals surface area contributed by atoms with E-state index in [9.17, 15) is 20.0 Å².